The first kappa shape index (κ1) is 17.6. The molecule has 1 aliphatic heterocycles. The maximum absolute atomic E-state index is 9.48. The van der Waals surface area contributed by atoms with E-state index >= 15 is 0 Å². The molecule has 4 rings (SSSR count). The summed E-state index contributed by atoms with van der Waals surface area (Å²) in [6.07, 6.45) is 3.86. The molecule has 2 heterocycles. The Morgan fingerprint density at radius 3 is 2.74 bits per heavy atom. The van der Waals surface area contributed by atoms with Crippen molar-refractivity contribution in [3.05, 3.63) is 48.2 Å². The van der Waals surface area contributed by atoms with Crippen LogP contribution in [0.2, 0.25) is 0 Å². The van der Waals surface area contributed by atoms with Crippen molar-refractivity contribution in [1.82, 2.24) is 9.88 Å². The molecule has 5 nitrogen and oxygen atoms in total. The molecule has 1 N–H and O–H groups in total. The lowest BCUT2D eigenvalue weighted by Gasteiger charge is -2.32. The van der Waals surface area contributed by atoms with Crippen LogP contribution in [0.15, 0.2) is 46.9 Å². The topological polar surface area (TPSA) is 65.1 Å². The number of nitrogens with one attached hydrogen (secondary N) is 1. The summed E-state index contributed by atoms with van der Waals surface area (Å²) in [6.45, 7) is 5.24. The molecule has 0 unspecified atom stereocenters. The summed E-state index contributed by atoms with van der Waals surface area (Å²) in [5.41, 5.74) is 1.21. The van der Waals surface area contributed by atoms with Crippen LogP contribution < -0.4 is 5.32 Å². The van der Waals surface area contributed by atoms with Gasteiger partial charge in [0.15, 0.2) is 0 Å². The van der Waals surface area contributed by atoms with E-state index in [9.17, 15) is 5.26 Å². The first-order valence-corrected chi connectivity index (χ1v) is 9.63. The van der Waals surface area contributed by atoms with Gasteiger partial charge in [-0.3, -0.25) is 4.90 Å². The fourth-order valence-corrected chi connectivity index (χ4v) is 3.77. The Morgan fingerprint density at radius 2 is 1.93 bits per heavy atom. The Kier molecular flexibility index (Phi) is 5.08. The van der Waals surface area contributed by atoms with Crippen molar-refractivity contribution < 1.29 is 4.42 Å². The van der Waals surface area contributed by atoms with Crippen LogP contribution in [0.5, 0.6) is 0 Å². The summed E-state index contributed by atoms with van der Waals surface area (Å²) in [7, 11) is 0. The van der Waals surface area contributed by atoms with Crippen LogP contribution in [0.4, 0.5) is 5.88 Å². The molecule has 0 radical (unpaired) electrons. The van der Waals surface area contributed by atoms with Crippen LogP contribution in [-0.2, 0) is 0 Å². The predicted octanol–water partition coefficient (Wildman–Crippen LogP) is 4.65. The Balaban J connectivity index is 1.56. The highest BCUT2D eigenvalue weighted by molar-refractivity contribution is 5.94. The van der Waals surface area contributed by atoms with E-state index in [1.807, 2.05) is 30.3 Å². The number of nitriles is 1. The lowest BCUT2D eigenvalue weighted by atomic mass is 10.0. The van der Waals surface area contributed by atoms with Gasteiger partial charge in [-0.15, -0.1) is 0 Å². The van der Waals surface area contributed by atoms with Crippen LogP contribution in [0.3, 0.4) is 0 Å². The van der Waals surface area contributed by atoms with E-state index in [1.165, 1.54) is 19.3 Å². The molecule has 1 atom stereocenters. The predicted molar refractivity (Wildman–Crippen MR) is 108 cm³/mol. The number of hydrogen-bond donors (Lipinski definition) is 1. The zero-order chi connectivity index (χ0) is 18.6. The minimum atomic E-state index is 0.309. The lowest BCUT2D eigenvalue weighted by molar-refractivity contribution is 0.180. The maximum atomic E-state index is 9.48. The maximum Gasteiger partial charge on any atom is 0.232 e. The van der Waals surface area contributed by atoms with E-state index in [-0.39, 0.29) is 0 Å². The quantitative estimate of drug-likeness (QED) is 0.717. The van der Waals surface area contributed by atoms with Gasteiger partial charge in [0, 0.05) is 18.2 Å². The molecule has 3 aromatic rings. The molecule has 2 aromatic carbocycles. The minimum Gasteiger partial charge on any atom is -0.419 e. The van der Waals surface area contributed by atoms with E-state index in [4.69, 9.17) is 4.42 Å². The highest BCUT2D eigenvalue weighted by Gasteiger charge is 2.20. The molecular weight excluding hydrogens is 336 g/mol. The van der Waals surface area contributed by atoms with Crippen molar-refractivity contribution >= 4 is 16.7 Å². The van der Waals surface area contributed by atoms with Crippen molar-refractivity contribution in [1.29, 1.82) is 5.26 Å². The number of anilines is 1. The molecule has 1 fully saturated rings. The Labute approximate surface area is 159 Å². The number of hydrogen-bond acceptors (Lipinski definition) is 5. The molecule has 0 spiro atoms. The molecule has 0 aliphatic carbocycles. The van der Waals surface area contributed by atoms with Gasteiger partial charge in [0.2, 0.25) is 17.5 Å². The van der Waals surface area contributed by atoms with Gasteiger partial charge in [0.05, 0.1) is 0 Å². The van der Waals surface area contributed by atoms with E-state index in [0.717, 1.165) is 36.0 Å². The van der Waals surface area contributed by atoms with Crippen molar-refractivity contribution in [2.75, 3.05) is 25.0 Å². The second kappa shape index (κ2) is 7.81. The standard InChI is InChI=1S/C22H24N4O/c1-16(26-12-5-2-6-13-26)15-24-22-20(14-23)25-21(27-22)19-11-7-9-17-8-3-4-10-18(17)19/h3-4,7-11,16,24H,2,5-6,12-13,15H2,1H3/t16-/m1/s1. The minimum absolute atomic E-state index is 0.309. The SMILES string of the molecule is C[C@H](CNc1oc(-c2cccc3ccccc23)nc1C#N)N1CCCCC1. The number of fused-ring (bicyclic) bond motifs is 1. The van der Waals surface area contributed by atoms with E-state index in [1.54, 1.807) is 0 Å². The van der Waals surface area contributed by atoms with Gasteiger partial charge in [0.1, 0.15) is 6.07 Å². The van der Waals surface area contributed by atoms with E-state index in [2.05, 4.69) is 40.3 Å². The number of oxazole rings is 1. The zero-order valence-corrected chi connectivity index (χ0v) is 15.6. The fourth-order valence-electron chi connectivity index (χ4n) is 3.77. The van der Waals surface area contributed by atoms with Crippen LogP contribution in [0, 0.1) is 11.3 Å². The van der Waals surface area contributed by atoms with Gasteiger partial charge >= 0.3 is 0 Å². The van der Waals surface area contributed by atoms with Crippen molar-refractivity contribution in [2.24, 2.45) is 0 Å². The monoisotopic (exact) mass is 360 g/mol. The molecule has 1 aromatic heterocycles. The Hall–Kier alpha value is -2.84. The number of nitrogens with zero attached hydrogens (tertiary/aromatic N) is 3. The third-order valence-electron chi connectivity index (χ3n) is 5.33. The smallest absolute Gasteiger partial charge is 0.232 e. The molecule has 1 aliphatic rings. The summed E-state index contributed by atoms with van der Waals surface area (Å²) < 4.78 is 5.97. The first-order valence-electron chi connectivity index (χ1n) is 9.63. The third-order valence-corrected chi connectivity index (χ3v) is 5.33. The molecule has 5 heteroatoms. The molecule has 138 valence electrons. The number of aromatic nitrogens is 1. The molecule has 0 amide bonds. The van der Waals surface area contributed by atoms with Crippen molar-refractivity contribution in [3.63, 3.8) is 0 Å². The molecule has 1 saturated heterocycles. The average Bonchev–Trinajstić information content (AvgIpc) is 3.15. The molecule has 0 bridgehead atoms. The summed E-state index contributed by atoms with van der Waals surface area (Å²) >= 11 is 0. The largest absolute Gasteiger partial charge is 0.419 e. The number of benzene rings is 2. The Bertz CT molecular complexity index is 961. The number of likely N-dealkylation sites (tertiary alicyclic amines) is 1. The number of piperidine rings is 1. The van der Waals surface area contributed by atoms with E-state index < -0.39 is 0 Å². The molecular formula is C22H24N4O. The normalized spacial score (nSPS) is 16.1. The second-order valence-corrected chi connectivity index (χ2v) is 7.16. The molecule has 0 saturated carbocycles. The van der Waals surface area contributed by atoms with Gasteiger partial charge in [0.25, 0.3) is 0 Å². The van der Waals surface area contributed by atoms with Crippen LogP contribution >= 0.6 is 0 Å². The summed E-state index contributed by atoms with van der Waals surface area (Å²) in [5, 5.41) is 15.0. The van der Waals surface area contributed by atoms with Gasteiger partial charge < -0.3 is 9.73 Å². The van der Waals surface area contributed by atoms with E-state index in [0.29, 0.717) is 23.5 Å². The average molecular weight is 360 g/mol. The van der Waals surface area contributed by atoms with Gasteiger partial charge in [-0.05, 0) is 49.7 Å². The van der Waals surface area contributed by atoms with Crippen LogP contribution in [-0.4, -0.2) is 35.6 Å². The zero-order valence-electron chi connectivity index (χ0n) is 15.6. The lowest BCUT2D eigenvalue weighted by Crippen LogP contribution is -2.41. The van der Waals surface area contributed by atoms with Crippen LogP contribution in [0.25, 0.3) is 22.2 Å². The first-order chi connectivity index (χ1) is 13.3. The molecule has 27 heavy (non-hydrogen) atoms. The fraction of sp³-hybridized carbons (Fsp3) is 0.364. The summed E-state index contributed by atoms with van der Waals surface area (Å²) in [6, 6.07) is 16.7. The highest BCUT2D eigenvalue weighted by Crippen LogP contribution is 2.31. The van der Waals surface area contributed by atoms with Crippen molar-refractivity contribution in [3.8, 4) is 17.5 Å². The third kappa shape index (κ3) is 3.67. The highest BCUT2D eigenvalue weighted by atomic mass is 16.4. The van der Waals surface area contributed by atoms with Gasteiger partial charge in [-0.2, -0.15) is 10.2 Å². The Morgan fingerprint density at radius 1 is 1.15 bits per heavy atom. The second-order valence-electron chi connectivity index (χ2n) is 7.16. The summed E-state index contributed by atoms with van der Waals surface area (Å²) in [5.74, 6) is 0.945. The summed E-state index contributed by atoms with van der Waals surface area (Å²) in [4.78, 5) is 6.93. The number of rotatable bonds is 5. The van der Waals surface area contributed by atoms with Crippen molar-refractivity contribution in [2.45, 2.75) is 32.2 Å². The van der Waals surface area contributed by atoms with Gasteiger partial charge in [-0.1, -0.05) is 42.8 Å². The van der Waals surface area contributed by atoms with Gasteiger partial charge in [-0.25, -0.2) is 0 Å². The van der Waals surface area contributed by atoms with Crippen LogP contribution in [0.1, 0.15) is 31.9 Å².